The van der Waals surface area contributed by atoms with Gasteiger partial charge in [-0.15, -0.1) is 0 Å². The van der Waals surface area contributed by atoms with Gasteiger partial charge in [-0.05, 0) is 85.9 Å². The number of piperazine rings is 1. The SMILES string of the molecule is CC(C)(C)OC(=O)N(c1cc(Cl)nc2c(C=O)cnn12)C1CC1.CN1CCN(Cc2cccc(-c3cc(N(C(=O)OC(C)(C)C)C4CC4)n4ncc(C=O)c4n3)c2)CC1. The third-order valence-electron chi connectivity index (χ3n) is 9.91. The fraction of sp³-hybridized carbons (Fsp3) is 0.476. The normalized spacial score (nSPS) is 16.3. The monoisotopic (exact) mass is 826 g/mol. The van der Waals surface area contributed by atoms with Crippen molar-refractivity contribution >= 4 is 59.3 Å². The van der Waals surface area contributed by atoms with Crippen LogP contribution in [-0.4, -0.2) is 120 Å². The summed E-state index contributed by atoms with van der Waals surface area (Å²) in [6, 6.07) is 11.8. The molecule has 312 valence electrons. The van der Waals surface area contributed by atoms with Gasteiger partial charge in [0.05, 0.1) is 29.2 Å². The van der Waals surface area contributed by atoms with Gasteiger partial charge in [0.15, 0.2) is 23.9 Å². The molecule has 5 aromatic rings. The standard InChI is InChI=1S/C27H34N6O3.C15H17ClN4O3/c1-27(2,3)36-26(35)32(22-8-9-22)24-15-23(29-25-21(18-34)16-28-33(24)25)20-7-5-6-19(14-20)17-31-12-10-30(4)11-13-31;1-15(2,3)23-14(22)19(10-4-5-10)12-6-11(16)18-13-9(8-21)7-17-20(12)13/h5-7,14-16,18,22H,8-13,17H2,1-4H3;6-8,10H,4-5H2,1-3H3. The van der Waals surface area contributed by atoms with Crippen molar-refractivity contribution in [2.24, 2.45) is 0 Å². The Morgan fingerprint density at radius 3 is 1.76 bits per heavy atom. The van der Waals surface area contributed by atoms with E-state index in [1.54, 1.807) is 15.5 Å². The summed E-state index contributed by atoms with van der Waals surface area (Å²) in [6.07, 6.45) is 6.95. The summed E-state index contributed by atoms with van der Waals surface area (Å²) in [7, 11) is 2.16. The molecular formula is C42H51ClN10O6. The van der Waals surface area contributed by atoms with E-state index in [0.29, 0.717) is 46.0 Å². The van der Waals surface area contributed by atoms with Gasteiger partial charge in [-0.1, -0.05) is 29.8 Å². The lowest BCUT2D eigenvalue weighted by molar-refractivity contribution is 0.0564. The van der Waals surface area contributed by atoms with E-state index in [4.69, 9.17) is 26.1 Å². The van der Waals surface area contributed by atoms with Gasteiger partial charge in [-0.2, -0.15) is 19.2 Å². The first-order valence-corrected chi connectivity index (χ1v) is 20.3. The van der Waals surface area contributed by atoms with Crippen molar-refractivity contribution < 1.29 is 28.7 Å². The van der Waals surface area contributed by atoms with Crippen molar-refractivity contribution in [3.63, 3.8) is 0 Å². The fourth-order valence-corrected chi connectivity index (χ4v) is 6.97. The van der Waals surface area contributed by atoms with Crippen LogP contribution in [0.25, 0.3) is 22.6 Å². The molecule has 3 fully saturated rings. The van der Waals surface area contributed by atoms with Crippen LogP contribution in [0.4, 0.5) is 21.2 Å². The number of ether oxygens (including phenoxy) is 2. The van der Waals surface area contributed by atoms with Gasteiger partial charge in [-0.25, -0.2) is 19.6 Å². The highest BCUT2D eigenvalue weighted by atomic mass is 35.5. The molecule has 3 aliphatic rings. The molecule has 1 aromatic carbocycles. The van der Waals surface area contributed by atoms with Crippen LogP contribution in [0, 0.1) is 0 Å². The molecule has 5 heterocycles. The molecule has 0 atom stereocenters. The van der Waals surface area contributed by atoms with Crippen LogP contribution in [0.5, 0.6) is 0 Å². The number of nitrogens with zero attached hydrogens (tertiary/aromatic N) is 10. The zero-order valence-electron chi connectivity index (χ0n) is 34.6. The molecule has 8 rings (SSSR count). The molecule has 2 saturated carbocycles. The van der Waals surface area contributed by atoms with E-state index >= 15 is 0 Å². The summed E-state index contributed by atoms with van der Waals surface area (Å²) in [4.78, 5) is 65.7. The van der Waals surface area contributed by atoms with Gasteiger partial charge in [0.2, 0.25) is 0 Å². The molecule has 0 N–H and O–H groups in total. The van der Waals surface area contributed by atoms with Crippen LogP contribution < -0.4 is 9.80 Å². The van der Waals surface area contributed by atoms with Crippen LogP contribution in [0.1, 0.15) is 93.5 Å². The van der Waals surface area contributed by atoms with Crippen molar-refractivity contribution in [2.75, 3.05) is 43.0 Å². The Bertz CT molecular complexity index is 2370. The summed E-state index contributed by atoms with van der Waals surface area (Å²) in [5.41, 5.74) is 3.02. The molecule has 17 heteroatoms. The van der Waals surface area contributed by atoms with Crippen LogP contribution in [-0.2, 0) is 16.0 Å². The van der Waals surface area contributed by atoms with Crippen molar-refractivity contribution in [2.45, 2.75) is 97.1 Å². The number of carbonyl (C=O) groups excluding carboxylic acids is 4. The van der Waals surface area contributed by atoms with Crippen LogP contribution in [0.15, 0.2) is 48.8 Å². The molecular weight excluding hydrogens is 776 g/mol. The van der Waals surface area contributed by atoms with Gasteiger partial charge in [0.1, 0.15) is 28.0 Å². The number of carbonyl (C=O) groups is 4. The Morgan fingerprint density at radius 2 is 1.27 bits per heavy atom. The average Bonchev–Trinajstić information content (AvgIpc) is 4.10. The summed E-state index contributed by atoms with van der Waals surface area (Å²) >= 11 is 6.07. The molecule has 2 aliphatic carbocycles. The zero-order chi connectivity index (χ0) is 42.2. The van der Waals surface area contributed by atoms with E-state index in [1.165, 1.54) is 27.4 Å². The van der Waals surface area contributed by atoms with Crippen LogP contribution in [0.3, 0.4) is 0 Å². The summed E-state index contributed by atoms with van der Waals surface area (Å²) in [5, 5.41) is 8.74. The number of benzene rings is 1. The number of hydrogen-bond donors (Lipinski definition) is 0. The number of rotatable bonds is 9. The van der Waals surface area contributed by atoms with Gasteiger partial charge in [-0.3, -0.25) is 24.3 Å². The summed E-state index contributed by atoms with van der Waals surface area (Å²) in [6.45, 7) is 16.1. The van der Waals surface area contributed by atoms with Crippen molar-refractivity contribution in [1.82, 2.24) is 39.0 Å². The Balaban J connectivity index is 0.000000198. The summed E-state index contributed by atoms with van der Waals surface area (Å²) < 4.78 is 14.2. The van der Waals surface area contributed by atoms with E-state index in [1.807, 2.05) is 59.7 Å². The number of amides is 2. The minimum absolute atomic E-state index is 0.0331. The second kappa shape index (κ2) is 16.7. The van der Waals surface area contributed by atoms with E-state index in [2.05, 4.69) is 44.2 Å². The molecule has 0 radical (unpaired) electrons. The van der Waals surface area contributed by atoms with Crippen molar-refractivity contribution in [3.05, 3.63) is 70.6 Å². The number of anilines is 2. The highest BCUT2D eigenvalue weighted by molar-refractivity contribution is 6.30. The van der Waals surface area contributed by atoms with Crippen molar-refractivity contribution in [1.29, 1.82) is 0 Å². The number of halogens is 1. The molecule has 0 spiro atoms. The number of aldehydes is 2. The number of fused-ring (bicyclic) bond motifs is 2. The quantitative estimate of drug-likeness (QED) is 0.111. The van der Waals surface area contributed by atoms with Gasteiger partial charge < -0.3 is 14.4 Å². The minimum atomic E-state index is -0.630. The van der Waals surface area contributed by atoms with Gasteiger partial charge in [0.25, 0.3) is 0 Å². The molecule has 0 unspecified atom stereocenters. The zero-order valence-corrected chi connectivity index (χ0v) is 35.3. The van der Waals surface area contributed by atoms with Gasteiger partial charge in [0, 0.05) is 62.5 Å². The third-order valence-corrected chi connectivity index (χ3v) is 10.1. The molecule has 16 nitrogen and oxygen atoms in total. The minimum Gasteiger partial charge on any atom is -0.443 e. The van der Waals surface area contributed by atoms with E-state index < -0.39 is 23.4 Å². The van der Waals surface area contributed by atoms with Gasteiger partial charge >= 0.3 is 12.2 Å². The lowest BCUT2D eigenvalue weighted by Crippen LogP contribution is -2.43. The average molecular weight is 827 g/mol. The second-order valence-corrected chi connectivity index (χ2v) is 17.7. The second-order valence-electron chi connectivity index (χ2n) is 17.3. The smallest absolute Gasteiger partial charge is 0.416 e. The number of aromatic nitrogens is 6. The topological polar surface area (TPSA) is 160 Å². The first kappa shape index (κ1) is 41.7. The van der Waals surface area contributed by atoms with E-state index in [9.17, 15) is 19.2 Å². The molecule has 59 heavy (non-hydrogen) atoms. The van der Waals surface area contributed by atoms with E-state index in [0.717, 1.165) is 70.3 Å². The lowest BCUT2D eigenvalue weighted by atomic mass is 10.1. The predicted octanol–water partition coefficient (Wildman–Crippen LogP) is 6.96. The Kier molecular flexibility index (Phi) is 11.8. The molecule has 4 aromatic heterocycles. The molecule has 0 bridgehead atoms. The highest BCUT2D eigenvalue weighted by Gasteiger charge is 2.40. The maximum atomic E-state index is 13.3. The van der Waals surface area contributed by atoms with Crippen molar-refractivity contribution in [3.8, 4) is 11.3 Å². The van der Waals surface area contributed by atoms with Crippen LogP contribution >= 0.6 is 11.6 Å². The van der Waals surface area contributed by atoms with E-state index in [-0.39, 0.29) is 17.2 Å². The molecule has 1 aliphatic heterocycles. The number of hydrogen-bond acceptors (Lipinski definition) is 12. The maximum Gasteiger partial charge on any atom is 0.416 e. The lowest BCUT2D eigenvalue weighted by Gasteiger charge is -2.32. The Hall–Kier alpha value is -5.45. The third kappa shape index (κ3) is 9.89. The maximum absolute atomic E-state index is 13.3. The first-order valence-electron chi connectivity index (χ1n) is 19.9. The Labute approximate surface area is 348 Å². The summed E-state index contributed by atoms with van der Waals surface area (Å²) in [5.74, 6) is 1.01. The first-order chi connectivity index (χ1) is 28.0. The largest absolute Gasteiger partial charge is 0.443 e. The fourth-order valence-electron chi connectivity index (χ4n) is 6.80. The Morgan fingerprint density at radius 1 is 0.763 bits per heavy atom. The number of likely N-dealkylation sites (N-methyl/N-ethyl adjacent to an activating group) is 1. The molecule has 1 saturated heterocycles. The van der Waals surface area contributed by atoms with Crippen LogP contribution in [0.2, 0.25) is 5.15 Å². The highest BCUT2D eigenvalue weighted by Crippen LogP contribution is 2.36. The predicted molar refractivity (Wildman–Crippen MR) is 223 cm³/mol. The molecule has 2 amide bonds.